The van der Waals surface area contributed by atoms with Crippen molar-refractivity contribution in [2.75, 3.05) is 27.6 Å². The van der Waals surface area contributed by atoms with Gasteiger partial charge in [0.2, 0.25) is 18.3 Å². The highest BCUT2D eigenvalue weighted by Crippen LogP contribution is 2.49. The lowest BCUT2D eigenvalue weighted by molar-refractivity contribution is -0.135. The lowest BCUT2D eigenvalue weighted by Crippen LogP contribution is -2.19. The Balaban J connectivity index is 1.78. The first-order chi connectivity index (χ1) is 11.7. The molecule has 0 spiro atoms. The summed E-state index contributed by atoms with van der Waals surface area (Å²) >= 11 is 0. The van der Waals surface area contributed by atoms with E-state index in [0.29, 0.717) is 42.4 Å². The summed E-state index contributed by atoms with van der Waals surface area (Å²) in [7, 11) is 3.09. The summed E-state index contributed by atoms with van der Waals surface area (Å²) in [4.78, 5) is 17.1. The van der Waals surface area contributed by atoms with Crippen LogP contribution in [0.1, 0.15) is 18.9 Å². The van der Waals surface area contributed by atoms with Gasteiger partial charge in [-0.1, -0.05) is 5.16 Å². The van der Waals surface area contributed by atoms with Crippen molar-refractivity contribution in [2.24, 2.45) is 5.16 Å². The van der Waals surface area contributed by atoms with Crippen LogP contribution in [0.5, 0.6) is 23.0 Å². The maximum atomic E-state index is 11.7. The van der Waals surface area contributed by atoms with Gasteiger partial charge in [-0.15, -0.1) is 0 Å². The fraction of sp³-hybridized carbons (Fsp3) is 0.500. The molecule has 8 nitrogen and oxygen atoms in total. The molecule has 1 atom stereocenters. The number of fused-ring (bicyclic) bond motifs is 1. The largest absolute Gasteiger partial charge is 0.492 e. The van der Waals surface area contributed by atoms with E-state index in [1.54, 1.807) is 14.0 Å². The average Bonchev–Trinajstić information content (AvgIpc) is 3.22. The van der Waals surface area contributed by atoms with Crippen molar-refractivity contribution < 1.29 is 33.3 Å². The maximum absolute atomic E-state index is 11.7. The molecule has 2 aliphatic rings. The van der Waals surface area contributed by atoms with Crippen molar-refractivity contribution >= 4 is 11.7 Å². The normalized spacial score (nSPS) is 18.0. The first kappa shape index (κ1) is 16.2. The van der Waals surface area contributed by atoms with Crippen LogP contribution in [-0.2, 0) is 20.8 Å². The molecule has 8 heteroatoms. The Morgan fingerprint density at radius 3 is 2.79 bits per heavy atom. The quantitative estimate of drug-likeness (QED) is 0.730. The molecule has 130 valence electrons. The van der Waals surface area contributed by atoms with Crippen molar-refractivity contribution in [2.45, 2.75) is 25.9 Å². The van der Waals surface area contributed by atoms with E-state index >= 15 is 0 Å². The van der Waals surface area contributed by atoms with E-state index in [2.05, 4.69) is 5.16 Å². The fourth-order valence-corrected chi connectivity index (χ4v) is 2.72. The molecule has 3 rings (SSSR count). The minimum absolute atomic E-state index is 0.133. The second-order valence-corrected chi connectivity index (χ2v) is 5.23. The SMILES string of the molecule is CCOC(=O)C1=NOC(Cc2cc3c(c(OC)c2OC)OCO3)C1. The molecule has 2 aliphatic heterocycles. The number of carbonyl (C=O) groups excluding carboxylic acids is 1. The molecule has 1 unspecified atom stereocenters. The zero-order valence-electron chi connectivity index (χ0n) is 13.8. The van der Waals surface area contributed by atoms with Gasteiger partial charge in [0.15, 0.2) is 17.2 Å². The second-order valence-electron chi connectivity index (χ2n) is 5.23. The molecule has 2 heterocycles. The van der Waals surface area contributed by atoms with Crippen LogP contribution in [-0.4, -0.2) is 45.4 Å². The zero-order chi connectivity index (χ0) is 17.1. The number of carbonyl (C=O) groups is 1. The van der Waals surface area contributed by atoms with Crippen LogP contribution in [0, 0.1) is 0 Å². The molecule has 0 amide bonds. The highest BCUT2D eigenvalue weighted by Gasteiger charge is 2.31. The average molecular weight is 337 g/mol. The third-order valence-corrected chi connectivity index (χ3v) is 3.75. The number of methoxy groups -OCH3 is 2. The molecule has 0 radical (unpaired) electrons. The van der Waals surface area contributed by atoms with Gasteiger partial charge in [-0.2, -0.15) is 0 Å². The summed E-state index contributed by atoms with van der Waals surface area (Å²) in [6, 6.07) is 1.83. The minimum Gasteiger partial charge on any atom is -0.492 e. The predicted octanol–water partition coefficient (Wildman–Crippen LogP) is 1.68. The number of rotatable bonds is 6. The summed E-state index contributed by atoms with van der Waals surface area (Å²) in [5.41, 5.74) is 1.11. The Morgan fingerprint density at radius 2 is 2.08 bits per heavy atom. The molecular weight excluding hydrogens is 318 g/mol. The van der Waals surface area contributed by atoms with Crippen molar-refractivity contribution in [3.05, 3.63) is 11.6 Å². The Morgan fingerprint density at radius 1 is 1.29 bits per heavy atom. The van der Waals surface area contributed by atoms with Crippen molar-refractivity contribution in [3.63, 3.8) is 0 Å². The summed E-state index contributed by atoms with van der Waals surface area (Å²) in [5.74, 6) is 1.69. The van der Waals surface area contributed by atoms with Crippen LogP contribution in [0.4, 0.5) is 0 Å². The van der Waals surface area contributed by atoms with Crippen molar-refractivity contribution in [1.29, 1.82) is 0 Å². The van der Waals surface area contributed by atoms with Gasteiger partial charge in [0.25, 0.3) is 0 Å². The van der Waals surface area contributed by atoms with Gasteiger partial charge < -0.3 is 28.5 Å². The van der Waals surface area contributed by atoms with Crippen LogP contribution in [0.2, 0.25) is 0 Å². The summed E-state index contributed by atoms with van der Waals surface area (Å²) in [6.45, 7) is 2.18. The highest BCUT2D eigenvalue weighted by molar-refractivity contribution is 6.36. The molecule has 0 aliphatic carbocycles. The smallest absolute Gasteiger partial charge is 0.356 e. The maximum Gasteiger partial charge on any atom is 0.356 e. The zero-order valence-corrected chi connectivity index (χ0v) is 13.8. The van der Waals surface area contributed by atoms with E-state index in [-0.39, 0.29) is 18.6 Å². The number of benzene rings is 1. The Bertz CT molecular complexity index is 671. The number of nitrogens with zero attached hydrogens (tertiary/aromatic N) is 1. The van der Waals surface area contributed by atoms with Crippen LogP contribution in [0.25, 0.3) is 0 Å². The molecule has 0 bridgehead atoms. The lowest BCUT2D eigenvalue weighted by Gasteiger charge is -2.16. The van der Waals surface area contributed by atoms with Crippen LogP contribution in [0.15, 0.2) is 11.2 Å². The van der Waals surface area contributed by atoms with Gasteiger partial charge in [-0.05, 0) is 13.0 Å². The molecule has 1 aromatic carbocycles. The molecule has 0 N–H and O–H groups in total. The highest BCUT2D eigenvalue weighted by atomic mass is 16.7. The number of oxime groups is 1. The standard InChI is InChI=1S/C16H19NO7/c1-4-21-16(18)11-7-10(24-17-11)5-9-6-12-14(23-8-22-12)15(20-3)13(9)19-2/h6,10H,4-5,7-8H2,1-3H3. The van der Waals surface area contributed by atoms with Gasteiger partial charge in [0, 0.05) is 18.4 Å². The minimum atomic E-state index is -0.449. The Labute approximate surface area is 139 Å². The van der Waals surface area contributed by atoms with Gasteiger partial charge in [0.1, 0.15) is 6.10 Å². The van der Waals surface area contributed by atoms with E-state index in [9.17, 15) is 4.79 Å². The van der Waals surface area contributed by atoms with E-state index in [4.69, 9.17) is 28.5 Å². The van der Waals surface area contributed by atoms with Gasteiger partial charge in [-0.25, -0.2) is 4.79 Å². The number of esters is 1. The van der Waals surface area contributed by atoms with Gasteiger partial charge >= 0.3 is 5.97 Å². The molecule has 0 saturated carbocycles. The van der Waals surface area contributed by atoms with Crippen molar-refractivity contribution in [1.82, 2.24) is 0 Å². The van der Waals surface area contributed by atoms with E-state index in [1.165, 1.54) is 7.11 Å². The van der Waals surface area contributed by atoms with Gasteiger partial charge in [-0.3, -0.25) is 0 Å². The molecule has 1 aromatic rings. The van der Waals surface area contributed by atoms with Gasteiger partial charge in [0.05, 0.1) is 20.8 Å². The van der Waals surface area contributed by atoms with Crippen molar-refractivity contribution in [3.8, 4) is 23.0 Å². The third kappa shape index (κ3) is 2.91. The molecule has 0 aromatic heterocycles. The first-order valence-electron chi connectivity index (χ1n) is 7.61. The number of ether oxygens (including phenoxy) is 5. The monoisotopic (exact) mass is 337 g/mol. The summed E-state index contributed by atoms with van der Waals surface area (Å²) in [6.07, 6.45) is 0.560. The van der Waals surface area contributed by atoms with Crippen LogP contribution in [0.3, 0.4) is 0 Å². The first-order valence-corrected chi connectivity index (χ1v) is 7.61. The number of hydrogen-bond acceptors (Lipinski definition) is 8. The van der Waals surface area contributed by atoms with E-state index in [0.717, 1.165) is 5.56 Å². The topological polar surface area (TPSA) is 84.8 Å². The molecule has 24 heavy (non-hydrogen) atoms. The number of hydrogen-bond donors (Lipinski definition) is 0. The van der Waals surface area contributed by atoms with E-state index in [1.807, 2.05) is 6.07 Å². The predicted molar refractivity (Wildman–Crippen MR) is 82.9 cm³/mol. The fourth-order valence-electron chi connectivity index (χ4n) is 2.72. The summed E-state index contributed by atoms with van der Waals surface area (Å²) in [5, 5.41) is 3.82. The Hall–Kier alpha value is -2.64. The molecule has 0 saturated heterocycles. The van der Waals surface area contributed by atoms with Crippen LogP contribution >= 0.6 is 0 Å². The molecule has 0 fully saturated rings. The summed E-state index contributed by atoms with van der Waals surface area (Å²) < 4.78 is 26.7. The third-order valence-electron chi connectivity index (χ3n) is 3.75. The van der Waals surface area contributed by atoms with Crippen LogP contribution < -0.4 is 18.9 Å². The Kier molecular flexibility index (Phi) is 4.64. The lowest BCUT2D eigenvalue weighted by atomic mass is 10.0. The second kappa shape index (κ2) is 6.86. The van der Waals surface area contributed by atoms with E-state index < -0.39 is 5.97 Å². The molecular formula is C16H19NO7.